The van der Waals surface area contributed by atoms with Crippen molar-refractivity contribution in [1.82, 2.24) is 15.2 Å². The minimum Gasteiger partial charge on any atom is -0.483 e. The van der Waals surface area contributed by atoms with Crippen LogP contribution in [-0.4, -0.2) is 33.8 Å². The molecule has 1 atom stereocenters. The van der Waals surface area contributed by atoms with E-state index in [9.17, 15) is 9.59 Å². The predicted octanol–water partition coefficient (Wildman–Crippen LogP) is 4.13. The second-order valence-corrected chi connectivity index (χ2v) is 8.86. The summed E-state index contributed by atoms with van der Waals surface area (Å²) in [6.07, 6.45) is 1.74. The summed E-state index contributed by atoms with van der Waals surface area (Å²) in [7, 11) is 0. The van der Waals surface area contributed by atoms with Gasteiger partial charge in [0.25, 0.3) is 5.91 Å². The molecule has 1 aliphatic heterocycles. The normalized spacial score (nSPS) is 16.0. The van der Waals surface area contributed by atoms with E-state index in [1.807, 2.05) is 81.4 Å². The monoisotopic (exact) mass is 429 g/mol. The van der Waals surface area contributed by atoms with E-state index in [-0.39, 0.29) is 25.0 Å². The van der Waals surface area contributed by atoms with Crippen LogP contribution >= 0.6 is 0 Å². The van der Waals surface area contributed by atoms with E-state index in [1.54, 1.807) is 17.2 Å². The number of para-hydroxylation sites is 1. The van der Waals surface area contributed by atoms with E-state index < -0.39 is 11.6 Å². The Balaban J connectivity index is 1.78. The molecule has 6 heteroatoms. The van der Waals surface area contributed by atoms with E-state index >= 15 is 0 Å². The number of rotatable bonds is 4. The molecule has 1 N–H and O–H groups in total. The number of aromatic nitrogens is 1. The van der Waals surface area contributed by atoms with Crippen LogP contribution in [0.1, 0.15) is 37.9 Å². The molecule has 32 heavy (non-hydrogen) atoms. The number of carbonyl (C=O) groups excluding carboxylic acids is 2. The highest BCUT2D eigenvalue weighted by Gasteiger charge is 2.37. The first-order chi connectivity index (χ1) is 15.3. The second kappa shape index (κ2) is 8.83. The van der Waals surface area contributed by atoms with Gasteiger partial charge in [0.1, 0.15) is 11.8 Å². The standard InChI is InChI=1S/C26H27N3O3/c1-26(2,3)28-25(31)24-20-12-6-7-14-22(20)32-17-23(30)29(24)16-18-10-4-5-11-19(18)21-13-8-9-15-27-21/h4-15,24H,16-17H2,1-3H3,(H,28,31). The molecule has 0 saturated heterocycles. The Bertz CT molecular complexity index is 1120. The Morgan fingerprint density at radius 3 is 2.53 bits per heavy atom. The van der Waals surface area contributed by atoms with E-state index in [1.165, 1.54) is 0 Å². The van der Waals surface area contributed by atoms with Crippen LogP contribution in [0.3, 0.4) is 0 Å². The molecule has 1 aliphatic rings. The van der Waals surface area contributed by atoms with Crippen molar-refractivity contribution in [3.63, 3.8) is 0 Å². The van der Waals surface area contributed by atoms with Gasteiger partial charge in [0, 0.05) is 29.4 Å². The maximum Gasteiger partial charge on any atom is 0.261 e. The minimum absolute atomic E-state index is 0.123. The second-order valence-electron chi connectivity index (χ2n) is 8.86. The van der Waals surface area contributed by atoms with Gasteiger partial charge in [-0.2, -0.15) is 0 Å². The zero-order valence-electron chi connectivity index (χ0n) is 18.5. The van der Waals surface area contributed by atoms with Crippen LogP contribution in [0.25, 0.3) is 11.3 Å². The highest BCUT2D eigenvalue weighted by molar-refractivity contribution is 5.91. The Hall–Kier alpha value is -3.67. The average molecular weight is 430 g/mol. The fourth-order valence-corrected chi connectivity index (χ4v) is 3.89. The third-order valence-corrected chi connectivity index (χ3v) is 5.24. The Kier molecular flexibility index (Phi) is 5.95. The molecule has 0 fully saturated rings. The summed E-state index contributed by atoms with van der Waals surface area (Å²) in [5.41, 5.74) is 2.88. The summed E-state index contributed by atoms with van der Waals surface area (Å²) in [6, 6.07) is 20.1. The van der Waals surface area contributed by atoms with Gasteiger partial charge in [0.15, 0.2) is 6.61 Å². The van der Waals surface area contributed by atoms with Crippen LogP contribution in [0.5, 0.6) is 5.75 Å². The van der Waals surface area contributed by atoms with Crippen molar-refractivity contribution in [2.75, 3.05) is 6.61 Å². The van der Waals surface area contributed by atoms with Gasteiger partial charge in [-0.1, -0.05) is 48.5 Å². The van der Waals surface area contributed by atoms with Crippen molar-refractivity contribution in [2.24, 2.45) is 0 Å². The minimum atomic E-state index is -0.808. The van der Waals surface area contributed by atoms with Crippen LogP contribution in [0.2, 0.25) is 0 Å². The molecular formula is C26H27N3O3. The van der Waals surface area contributed by atoms with Gasteiger partial charge in [-0.3, -0.25) is 14.6 Å². The number of hydrogen-bond acceptors (Lipinski definition) is 4. The number of pyridine rings is 1. The van der Waals surface area contributed by atoms with Crippen molar-refractivity contribution >= 4 is 11.8 Å². The lowest BCUT2D eigenvalue weighted by Gasteiger charge is -2.32. The van der Waals surface area contributed by atoms with Gasteiger partial charge >= 0.3 is 0 Å². The zero-order valence-corrected chi connectivity index (χ0v) is 18.5. The van der Waals surface area contributed by atoms with Crippen LogP contribution < -0.4 is 10.1 Å². The van der Waals surface area contributed by atoms with E-state index in [2.05, 4.69) is 10.3 Å². The molecule has 2 aromatic carbocycles. The smallest absolute Gasteiger partial charge is 0.261 e. The number of carbonyl (C=O) groups is 2. The van der Waals surface area contributed by atoms with Crippen LogP contribution in [-0.2, 0) is 16.1 Å². The summed E-state index contributed by atoms with van der Waals surface area (Å²) in [5.74, 6) is 0.0700. The molecule has 2 amide bonds. The number of benzene rings is 2. The topological polar surface area (TPSA) is 71.5 Å². The van der Waals surface area contributed by atoms with Gasteiger partial charge in [-0.25, -0.2) is 0 Å². The van der Waals surface area contributed by atoms with Gasteiger partial charge < -0.3 is 15.0 Å². The van der Waals surface area contributed by atoms with Crippen molar-refractivity contribution in [1.29, 1.82) is 0 Å². The van der Waals surface area contributed by atoms with Crippen LogP contribution in [0.4, 0.5) is 0 Å². The summed E-state index contributed by atoms with van der Waals surface area (Å²) < 4.78 is 5.77. The quantitative estimate of drug-likeness (QED) is 0.677. The molecule has 0 radical (unpaired) electrons. The largest absolute Gasteiger partial charge is 0.483 e. The van der Waals surface area contributed by atoms with E-state index in [0.29, 0.717) is 11.3 Å². The van der Waals surface area contributed by atoms with Crippen molar-refractivity contribution in [3.8, 4) is 17.0 Å². The van der Waals surface area contributed by atoms with E-state index in [4.69, 9.17) is 4.74 Å². The molecule has 3 aromatic rings. The fraction of sp³-hybridized carbons (Fsp3) is 0.269. The molecular weight excluding hydrogens is 402 g/mol. The number of nitrogens with zero attached hydrogens (tertiary/aromatic N) is 2. The van der Waals surface area contributed by atoms with Crippen molar-refractivity contribution in [3.05, 3.63) is 84.1 Å². The van der Waals surface area contributed by atoms with Crippen molar-refractivity contribution < 1.29 is 14.3 Å². The summed E-state index contributed by atoms with van der Waals surface area (Å²) in [4.78, 5) is 32.8. The SMILES string of the molecule is CC(C)(C)NC(=O)C1c2ccccc2OCC(=O)N1Cc1ccccc1-c1ccccn1. The molecule has 1 aromatic heterocycles. The third-order valence-electron chi connectivity index (χ3n) is 5.24. The summed E-state index contributed by atoms with van der Waals surface area (Å²) in [5, 5.41) is 3.04. The maximum atomic E-state index is 13.5. The number of hydrogen-bond donors (Lipinski definition) is 1. The molecule has 1 unspecified atom stereocenters. The highest BCUT2D eigenvalue weighted by Crippen LogP contribution is 2.35. The Labute approximate surface area is 188 Å². The first-order valence-electron chi connectivity index (χ1n) is 10.7. The van der Waals surface area contributed by atoms with Gasteiger partial charge in [0.2, 0.25) is 5.91 Å². The molecule has 2 heterocycles. The molecule has 0 aliphatic carbocycles. The summed E-state index contributed by atoms with van der Waals surface area (Å²) >= 11 is 0. The summed E-state index contributed by atoms with van der Waals surface area (Å²) in [6.45, 7) is 5.90. The zero-order chi connectivity index (χ0) is 22.7. The Morgan fingerprint density at radius 2 is 1.78 bits per heavy atom. The molecule has 0 saturated carbocycles. The maximum absolute atomic E-state index is 13.5. The van der Waals surface area contributed by atoms with E-state index in [0.717, 1.165) is 16.8 Å². The highest BCUT2D eigenvalue weighted by atomic mass is 16.5. The first kappa shape index (κ1) is 21.6. The molecule has 0 spiro atoms. The number of amides is 2. The van der Waals surface area contributed by atoms with Gasteiger partial charge in [0.05, 0.1) is 5.69 Å². The van der Waals surface area contributed by atoms with Crippen molar-refractivity contribution in [2.45, 2.75) is 38.9 Å². The lowest BCUT2D eigenvalue weighted by molar-refractivity contribution is -0.142. The lowest BCUT2D eigenvalue weighted by atomic mass is 9.98. The van der Waals surface area contributed by atoms with Gasteiger partial charge in [-0.05, 0) is 44.5 Å². The van der Waals surface area contributed by atoms with Crippen LogP contribution in [0, 0.1) is 0 Å². The molecule has 164 valence electrons. The number of nitrogens with one attached hydrogen (secondary N) is 1. The first-order valence-corrected chi connectivity index (χ1v) is 10.7. The number of fused-ring (bicyclic) bond motifs is 1. The third kappa shape index (κ3) is 4.64. The average Bonchev–Trinajstić information content (AvgIpc) is 2.90. The molecule has 4 rings (SSSR count). The van der Waals surface area contributed by atoms with Crippen LogP contribution in [0.15, 0.2) is 72.9 Å². The molecule has 0 bridgehead atoms. The lowest BCUT2D eigenvalue weighted by Crippen LogP contribution is -2.49. The fourth-order valence-electron chi connectivity index (χ4n) is 3.89. The Morgan fingerprint density at radius 1 is 1.06 bits per heavy atom. The number of ether oxygens (including phenoxy) is 1. The molecule has 6 nitrogen and oxygen atoms in total. The predicted molar refractivity (Wildman–Crippen MR) is 123 cm³/mol. The van der Waals surface area contributed by atoms with Gasteiger partial charge in [-0.15, -0.1) is 0 Å².